The monoisotopic (exact) mass is 307 g/mol. The lowest BCUT2D eigenvalue weighted by Gasteiger charge is -2.24. The lowest BCUT2D eigenvalue weighted by molar-refractivity contribution is -0.124. The Balaban J connectivity index is 1.75. The van der Waals surface area contributed by atoms with Crippen LogP contribution in [-0.2, 0) is 9.59 Å². The van der Waals surface area contributed by atoms with E-state index in [4.69, 9.17) is 0 Å². The highest BCUT2D eigenvalue weighted by molar-refractivity contribution is 6.02. The van der Waals surface area contributed by atoms with Crippen molar-refractivity contribution in [3.63, 3.8) is 0 Å². The van der Waals surface area contributed by atoms with Crippen molar-refractivity contribution in [2.24, 2.45) is 0 Å². The van der Waals surface area contributed by atoms with E-state index < -0.39 is 6.04 Å². The maximum absolute atomic E-state index is 12.7. The number of carbonyl (C=O) groups excluding carboxylic acids is 2. The third kappa shape index (κ3) is 2.32. The minimum Gasteiger partial charge on any atom is -0.324 e. The third-order valence-corrected chi connectivity index (χ3v) is 3.79. The fraction of sp³-hybridized carbons (Fsp3) is 0.125. The zero-order chi connectivity index (χ0) is 15.8. The number of amides is 2. The molecular weight excluding hydrogens is 294 g/mol. The lowest BCUT2D eigenvalue weighted by Crippen LogP contribution is -2.35. The molecule has 2 N–H and O–H groups in total. The number of para-hydroxylation sites is 2. The fourth-order valence-corrected chi connectivity index (χ4v) is 2.76. The first-order valence-electron chi connectivity index (χ1n) is 7.20. The molecule has 0 fully saturated rings. The lowest BCUT2D eigenvalue weighted by atomic mass is 10.1. The Morgan fingerprint density at radius 1 is 1.22 bits per heavy atom. The molecule has 3 heterocycles. The van der Waals surface area contributed by atoms with Crippen molar-refractivity contribution in [3.8, 4) is 0 Å². The van der Waals surface area contributed by atoms with E-state index in [0.29, 0.717) is 11.6 Å². The van der Waals surface area contributed by atoms with E-state index in [1.807, 2.05) is 24.3 Å². The van der Waals surface area contributed by atoms with Gasteiger partial charge in [-0.1, -0.05) is 12.1 Å². The first-order chi connectivity index (χ1) is 11.2. The van der Waals surface area contributed by atoms with E-state index in [-0.39, 0.29) is 18.2 Å². The molecule has 1 unspecified atom stereocenters. The Hall–Kier alpha value is -3.22. The highest BCUT2D eigenvalue weighted by Crippen LogP contribution is 2.30. The molecule has 1 aromatic carbocycles. The molecule has 1 aliphatic rings. The van der Waals surface area contributed by atoms with Crippen LogP contribution in [0.3, 0.4) is 0 Å². The number of nitrogens with one attached hydrogen (secondary N) is 2. The van der Waals surface area contributed by atoms with Gasteiger partial charge in [-0.3, -0.25) is 24.5 Å². The van der Waals surface area contributed by atoms with Gasteiger partial charge < -0.3 is 5.32 Å². The van der Waals surface area contributed by atoms with E-state index in [2.05, 4.69) is 20.6 Å². The standard InChI is InChI=1S/C16H13N5O2/c22-14-9-13(15(23)18-10-5-7-17-8-6-10)21-12-4-2-1-3-11(12)19-16(21)20-14/h1-8,13H,9H2,(H,17,18,23)(H,19,20,22). The minimum atomic E-state index is -0.640. The zero-order valence-electron chi connectivity index (χ0n) is 12.1. The molecule has 1 atom stereocenters. The number of imidazole rings is 1. The molecule has 114 valence electrons. The number of carbonyl (C=O) groups is 2. The van der Waals surface area contributed by atoms with Gasteiger partial charge in [0, 0.05) is 18.1 Å². The fourth-order valence-electron chi connectivity index (χ4n) is 2.76. The smallest absolute Gasteiger partial charge is 0.248 e. The number of aromatic nitrogens is 3. The van der Waals surface area contributed by atoms with Crippen molar-refractivity contribution < 1.29 is 9.59 Å². The van der Waals surface area contributed by atoms with Gasteiger partial charge in [0.2, 0.25) is 17.8 Å². The van der Waals surface area contributed by atoms with E-state index in [9.17, 15) is 9.59 Å². The average molecular weight is 307 g/mol. The van der Waals surface area contributed by atoms with Gasteiger partial charge >= 0.3 is 0 Å². The van der Waals surface area contributed by atoms with Crippen LogP contribution >= 0.6 is 0 Å². The number of rotatable bonds is 2. The van der Waals surface area contributed by atoms with Gasteiger partial charge in [-0.2, -0.15) is 0 Å². The number of anilines is 2. The van der Waals surface area contributed by atoms with Crippen molar-refractivity contribution in [2.75, 3.05) is 10.6 Å². The average Bonchev–Trinajstić information content (AvgIpc) is 2.93. The second-order valence-corrected chi connectivity index (χ2v) is 5.29. The molecule has 4 rings (SSSR count). The van der Waals surface area contributed by atoms with Gasteiger partial charge in [-0.05, 0) is 24.3 Å². The van der Waals surface area contributed by atoms with Crippen LogP contribution in [-0.4, -0.2) is 26.3 Å². The van der Waals surface area contributed by atoms with Gasteiger partial charge in [0.1, 0.15) is 6.04 Å². The van der Waals surface area contributed by atoms with Crippen molar-refractivity contribution in [1.29, 1.82) is 0 Å². The number of hydrogen-bond acceptors (Lipinski definition) is 4. The highest BCUT2D eigenvalue weighted by atomic mass is 16.2. The van der Waals surface area contributed by atoms with E-state index in [1.165, 1.54) is 0 Å². The summed E-state index contributed by atoms with van der Waals surface area (Å²) in [5.74, 6) is -0.0736. The third-order valence-electron chi connectivity index (χ3n) is 3.79. The molecule has 0 saturated heterocycles. The SMILES string of the molecule is O=C1CC(C(=O)Nc2ccncc2)n2c(nc3ccccc32)N1. The second-order valence-electron chi connectivity index (χ2n) is 5.29. The van der Waals surface area contributed by atoms with E-state index in [0.717, 1.165) is 11.0 Å². The molecule has 0 spiro atoms. The number of pyridine rings is 1. The zero-order valence-corrected chi connectivity index (χ0v) is 12.1. The summed E-state index contributed by atoms with van der Waals surface area (Å²) in [5, 5.41) is 5.54. The van der Waals surface area contributed by atoms with Gasteiger partial charge in [0.25, 0.3) is 0 Å². The summed E-state index contributed by atoms with van der Waals surface area (Å²) in [6.45, 7) is 0. The molecule has 23 heavy (non-hydrogen) atoms. The van der Waals surface area contributed by atoms with Crippen LogP contribution in [0.4, 0.5) is 11.6 Å². The Bertz CT molecular complexity index is 903. The van der Waals surface area contributed by atoms with Crippen LogP contribution in [0.2, 0.25) is 0 Å². The van der Waals surface area contributed by atoms with Gasteiger partial charge in [-0.15, -0.1) is 0 Å². The van der Waals surface area contributed by atoms with E-state index >= 15 is 0 Å². The first kappa shape index (κ1) is 13.4. The Morgan fingerprint density at radius 3 is 2.83 bits per heavy atom. The molecular formula is C16H13N5O2. The summed E-state index contributed by atoms with van der Waals surface area (Å²) in [4.78, 5) is 32.9. The summed E-state index contributed by atoms with van der Waals surface area (Å²) >= 11 is 0. The minimum absolute atomic E-state index is 0.0737. The van der Waals surface area contributed by atoms with Crippen LogP contribution in [0.5, 0.6) is 0 Å². The molecule has 7 nitrogen and oxygen atoms in total. The van der Waals surface area contributed by atoms with Crippen LogP contribution in [0.15, 0.2) is 48.8 Å². The Kier molecular flexibility index (Phi) is 3.04. The molecule has 2 amide bonds. The van der Waals surface area contributed by atoms with Gasteiger partial charge in [-0.25, -0.2) is 4.98 Å². The molecule has 0 radical (unpaired) electrons. The van der Waals surface area contributed by atoms with Crippen molar-refractivity contribution in [3.05, 3.63) is 48.8 Å². The van der Waals surface area contributed by atoms with Crippen LogP contribution in [0.25, 0.3) is 11.0 Å². The van der Waals surface area contributed by atoms with Crippen LogP contribution in [0.1, 0.15) is 12.5 Å². The number of nitrogens with zero attached hydrogens (tertiary/aromatic N) is 3. The normalized spacial score (nSPS) is 16.7. The quantitative estimate of drug-likeness (QED) is 0.757. The predicted octanol–water partition coefficient (Wildman–Crippen LogP) is 1.95. The maximum atomic E-state index is 12.7. The van der Waals surface area contributed by atoms with Crippen LogP contribution in [0, 0.1) is 0 Å². The predicted molar refractivity (Wildman–Crippen MR) is 84.9 cm³/mol. The van der Waals surface area contributed by atoms with Gasteiger partial charge in [0.15, 0.2) is 0 Å². The van der Waals surface area contributed by atoms with Gasteiger partial charge in [0.05, 0.1) is 17.5 Å². The van der Waals surface area contributed by atoms with Crippen molar-refractivity contribution in [2.45, 2.75) is 12.5 Å². The molecule has 7 heteroatoms. The molecule has 1 aliphatic heterocycles. The van der Waals surface area contributed by atoms with E-state index in [1.54, 1.807) is 29.1 Å². The highest BCUT2D eigenvalue weighted by Gasteiger charge is 2.32. The Morgan fingerprint density at radius 2 is 2.00 bits per heavy atom. The molecule has 0 saturated carbocycles. The molecule has 0 bridgehead atoms. The summed E-state index contributed by atoms with van der Waals surface area (Å²) in [6.07, 6.45) is 3.27. The maximum Gasteiger partial charge on any atom is 0.248 e. The second kappa shape index (κ2) is 5.20. The topological polar surface area (TPSA) is 88.9 Å². The summed E-state index contributed by atoms with van der Waals surface area (Å²) in [5.41, 5.74) is 2.20. The number of hydrogen-bond donors (Lipinski definition) is 2. The molecule has 3 aromatic rings. The molecule has 0 aliphatic carbocycles. The number of fused-ring (bicyclic) bond motifs is 3. The molecule has 2 aromatic heterocycles. The van der Waals surface area contributed by atoms with Crippen molar-refractivity contribution >= 4 is 34.5 Å². The largest absolute Gasteiger partial charge is 0.324 e. The summed E-state index contributed by atoms with van der Waals surface area (Å²) < 4.78 is 1.77. The summed E-state index contributed by atoms with van der Waals surface area (Å²) in [7, 11) is 0. The Labute approximate surface area is 131 Å². The summed E-state index contributed by atoms with van der Waals surface area (Å²) in [6, 6.07) is 10.3. The number of benzene rings is 1. The van der Waals surface area contributed by atoms with Crippen molar-refractivity contribution in [1.82, 2.24) is 14.5 Å². The first-order valence-corrected chi connectivity index (χ1v) is 7.20. The van der Waals surface area contributed by atoms with Crippen LogP contribution < -0.4 is 10.6 Å².